The first kappa shape index (κ1) is 12.3. The molecule has 0 radical (unpaired) electrons. The molecule has 0 atom stereocenters. The number of hydrogen-bond donors (Lipinski definition) is 0. The Balaban J connectivity index is 1.98. The lowest BCUT2D eigenvalue weighted by atomic mass is 10.0. The van der Waals surface area contributed by atoms with E-state index in [4.69, 9.17) is 4.74 Å². The molecule has 3 nitrogen and oxygen atoms in total. The van der Waals surface area contributed by atoms with Crippen LogP contribution in [-0.2, 0) is 16.8 Å². The molecular weight excluding hydrogens is 246 g/mol. The molecule has 3 rings (SSSR count). The molecule has 98 valence electrons. The first-order valence-corrected chi connectivity index (χ1v) is 7.74. The number of carbonyl (C=O) groups is 1. The fourth-order valence-electron chi connectivity index (χ4n) is 3.10. The molecule has 0 amide bonds. The van der Waals surface area contributed by atoms with Crippen molar-refractivity contribution in [2.24, 2.45) is 0 Å². The third-order valence-electron chi connectivity index (χ3n) is 3.99. The summed E-state index contributed by atoms with van der Waals surface area (Å²) in [6.45, 7) is 2.76. The van der Waals surface area contributed by atoms with Crippen LogP contribution in [0.15, 0.2) is 0 Å². The second kappa shape index (κ2) is 4.74. The van der Waals surface area contributed by atoms with Crippen LogP contribution in [0.2, 0.25) is 0 Å². The van der Waals surface area contributed by atoms with Gasteiger partial charge >= 0.3 is 0 Å². The SMILES string of the molecule is CCOC1(c2nc3c(s2)CCCC3=O)CCCC1. The van der Waals surface area contributed by atoms with E-state index in [0.29, 0.717) is 6.42 Å². The molecule has 0 saturated heterocycles. The molecule has 1 saturated carbocycles. The van der Waals surface area contributed by atoms with Crippen molar-refractivity contribution in [3.8, 4) is 0 Å². The summed E-state index contributed by atoms with van der Waals surface area (Å²) in [6.07, 6.45) is 7.19. The minimum Gasteiger partial charge on any atom is -0.368 e. The van der Waals surface area contributed by atoms with Crippen LogP contribution in [0.5, 0.6) is 0 Å². The highest BCUT2D eigenvalue weighted by molar-refractivity contribution is 7.12. The Morgan fingerprint density at radius 1 is 1.28 bits per heavy atom. The van der Waals surface area contributed by atoms with Gasteiger partial charge in [0.25, 0.3) is 0 Å². The van der Waals surface area contributed by atoms with Crippen molar-refractivity contribution in [2.75, 3.05) is 6.61 Å². The van der Waals surface area contributed by atoms with Crippen LogP contribution in [0, 0.1) is 0 Å². The quantitative estimate of drug-likeness (QED) is 0.840. The van der Waals surface area contributed by atoms with Gasteiger partial charge in [-0.05, 0) is 32.6 Å². The summed E-state index contributed by atoms with van der Waals surface area (Å²) < 4.78 is 6.03. The minimum absolute atomic E-state index is 0.183. The van der Waals surface area contributed by atoms with Crippen molar-refractivity contribution in [1.29, 1.82) is 0 Å². The lowest BCUT2D eigenvalue weighted by molar-refractivity contribution is -0.0391. The van der Waals surface area contributed by atoms with E-state index in [1.54, 1.807) is 11.3 Å². The fourth-order valence-corrected chi connectivity index (χ4v) is 4.43. The molecule has 0 spiro atoms. The second-order valence-corrected chi connectivity index (χ2v) is 6.29. The number of ketones is 1. The van der Waals surface area contributed by atoms with Gasteiger partial charge < -0.3 is 4.74 Å². The van der Waals surface area contributed by atoms with Gasteiger partial charge in [0.05, 0.1) is 0 Å². The van der Waals surface area contributed by atoms with Gasteiger partial charge in [-0.15, -0.1) is 11.3 Å². The van der Waals surface area contributed by atoms with Crippen LogP contribution in [0.3, 0.4) is 0 Å². The Morgan fingerprint density at radius 3 is 2.72 bits per heavy atom. The average Bonchev–Trinajstić information content (AvgIpc) is 2.97. The van der Waals surface area contributed by atoms with Crippen molar-refractivity contribution in [3.63, 3.8) is 0 Å². The molecule has 1 fully saturated rings. The standard InChI is InChI=1S/C14H19NO2S/c1-2-17-14(8-3-4-9-14)13-15-12-10(16)6-5-7-11(12)18-13/h2-9H2,1H3. The van der Waals surface area contributed by atoms with E-state index in [1.807, 2.05) is 6.92 Å². The summed E-state index contributed by atoms with van der Waals surface area (Å²) in [7, 11) is 0. The first-order chi connectivity index (χ1) is 8.75. The number of carbonyl (C=O) groups excluding carboxylic acids is 1. The van der Waals surface area contributed by atoms with Gasteiger partial charge in [0.1, 0.15) is 16.3 Å². The largest absolute Gasteiger partial charge is 0.368 e. The normalized spacial score (nSPS) is 22.2. The Kier molecular flexibility index (Phi) is 3.24. The van der Waals surface area contributed by atoms with Crippen LogP contribution in [0.25, 0.3) is 0 Å². The molecule has 0 aliphatic heterocycles. The number of ether oxygens (including phenoxy) is 1. The number of hydrogen-bond acceptors (Lipinski definition) is 4. The maximum atomic E-state index is 11.9. The number of aryl methyl sites for hydroxylation is 1. The maximum absolute atomic E-state index is 11.9. The molecule has 1 aromatic rings. The molecule has 18 heavy (non-hydrogen) atoms. The van der Waals surface area contributed by atoms with Gasteiger partial charge in [-0.1, -0.05) is 12.8 Å². The van der Waals surface area contributed by atoms with E-state index in [1.165, 1.54) is 17.7 Å². The lowest BCUT2D eigenvalue weighted by Crippen LogP contribution is -2.26. The Labute approximate surface area is 112 Å². The molecule has 0 N–H and O–H groups in total. The van der Waals surface area contributed by atoms with E-state index in [9.17, 15) is 4.79 Å². The van der Waals surface area contributed by atoms with Gasteiger partial charge in [-0.2, -0.15) is 0 Å². The summed E-state index contributed by atoms with van der Waals surface area (Å²) in [5, 5.41) is 1.06. The van der Waals surface area contributed by atoms with Crippen molar-refractivity contribution in [2.45, 2.75) is 57.5 Å². The highest BCUT2D eigenvalue weighted by atomic mass is 32.1. The summed E-state index contributed by atoms with van der Waals surface area (Å²) in [5.41, 5.74) is 0.559. The van der Waals surface area contributed by atoms with Crippen molar-refractivity contribution in [1.82, 2.24) is 4.98 Å². The van der Waals surface area contributed by atoms with E-state index in [-0.39, 0.29) is 11.4 Å². The maximum Gasteiger partial charge on any atom is 0.182 e. The lowest BCUT2D eigenvalue weighted by Gasteiger charge is -2.26. The molecule has 0 bridgehead atoms. The minimum atomic E-state index is -0.183. The molecular formula is C14H19NO2S. The number of thiazole rings is 1. The van der Waals surface area contributed by atoms with E-state index >= 15 is 0 Å². The van der Waals surface area contributed by atoms with Crippen molar-refractivity contribution < 1.29 is 9.53 Å². The van der Waals surface area contributed by atoms with Crippen molar-refractivity contribution >= 4 is 17.1 Å². The zero-order chi connectivity index (χ0) is 12.6. The highest BCUT2D eigenvalue weighted by Crippen LogP contribution is 2.45. The molecule has 2 aliphatic carbocycles. The third-order valence-corrected chi connectivity index (χ3v) is 5.29. The fraction of sp³-hybridized carbons (Fsp3) is 0.714. The second-order valence-electron chi connectivity index (χ2n) is 5.20. The zero-order valence-electron chi connectivity index (χ0n) is 10.8. The van der Waals surface area contributed by atoms with Gasteiger partial charge in [0.2, 0.25) is 0 Å². The van der Waals surface area contributed by atoms with Crippen LogP contribution in [0.1, 0.15) is 65.8 Å². The van der Waals surface area contributed by atoms with Gasteiger partial charge in [0.15, 0.2) is 5.78 Å². The number of Topliss-reactive ketones (excluding diaryl/α,β-unsaturated/α-hetero) is 1. The number of fused-ring (bicyclic) bond motifs is 1. The molecule has 1 heterocycles. The smallest absolute Gasteiger partial charge is 0.182 e. The Morgan fingerprint density at radius 2 is 2.06 bits per heavy atom. The van der Waals surface area contributed by atoms with Crippen LogP contribution in [-0.4, -0.2) is 17.4 Å². The summed E-state index contributed by atoms with van der Waals surface area (Å²) >= 11 is 1.72. The van der Waals surface area contributed by atoms with E-state index in [0.717, 1.165) is 43.0 Å². The van der Waals surface area contributed by atoms with E-state index < -0.39 is 0 Å². The number of nitrogens with zero attached hydrogens (tertiary/aromatic N) is 1. The molecule has 1 aromatic heterocycles. The molecule has 4 heteroatoms. The Bertz CT molecular complexity index is 460. The van der Waals surface area contributed by atoms with E-state index in [2.05, 4.69) is 4.98 Å². The zero-order valence-corrected chi connectivity index (χ0v) is 11.6. The monoisotopic (exact) mass is 265 g/mol. The first-order valence-electron chi connectivity index (χ1n) is 6.92. The number of rotatable bonds is 3. The van der Waals surface area contributed by atoms with Gasteiger partial charge in [0, 0.05) is 17.9 Å². The van der Waals surface area contributed by atoms with Gasteiger partial charge in [-0.25, -0.2) is 4.98 Å². The number of aromatic nitrogens is 1. The van der Waals surface area contributed by atoms with Gasteiger partial charge in [-0.3, -0.25) is 4.79 Å². The summed E-state index contributed by atoms with van der Waals surface area (Å²) in [5.74, 6) is 0.225. The summed E-state index contributed by atoms with van der Waals surface area (Å²) in [6, 6.07) is 0. The molecule has 0 unspecified atom stereocenters. The Hall–Kier alpha value is -0.740. The molecule has 2 aliphatic rings. The predicted molar refractivity (Wildman–Crippen MR) is 71.2 cm³/mol. The van der Waals surface area contributed by atoms with Crippen LogP contribution < -0.4 is 0 Å². The summed E-state index contributed by atoms with van der Waals surface area (Å²) in [4.78, 5) is 17.7. The average molecular weight is 265 g/mol. The van der Waals surface area contributed by atoms with Crippen LogP contribution >= 0.6 is 11.3 Å². The predicted octanol–water partition coefficient (Wildman–Crippen LogP) is 3.47. The highest BCUT2D eigenvalue weighted by Gasteiger charge is 2.40. The molecule has 0 aromatic carbocycles. The third kappa shape index (κ3) is 1.91. The van der Waals surface area contributed by atoms with Crippen LogP contribution in [0.4, 0.5) is 0 Å². The van der Waals surface area contributed by atoms with Crippen molar-refractivity contribution in [3.05, 3.63) is 15.6 Å². The topological polar surface area (TPSA) is 39.2 Å².